The molecular weight excluding hydrogens is 262 g/mol. The second-order valence-corrected chi connectivity index (χ2v) is 4.15. The molecule has 5 heteroatoms. The van der Waals surface area contributed by atoms with E-state index in [0.717, 1.165) is 0 Å². The van der Waals surface area contributed by atoms with Crippen LogP contribution in [0.4, 0.5) is 8.78 Å². The molecule has 0 aliphatic rings. The summed E-state index contributed by atoms with van der Waals surface area (Å²) in [5, 5.41) is 0. The summed E-state index contributed by atoms with van der Waals surface area (Å²) < 4.78 is 30.3. The second kappa shape index (κ2) is 7.31. The highest BCUT2D eigenvalue weighted by Crippen LogP contribution is 2.23. The molecule has 0 spiro atoms. The van der Waals surface area contributed by atoms with E-state index in [1.807, 2.05) is 0 Å². The van der Waals surface area contributed by atoms with Gasteiger partial charge in [-0.05, 0) is 37.5 Å². The van der Waals surface area contributed by atoms with Gasteiger partial charge in [0.1, 0.15) is 0 Å². The van der Waals surface area contributed by atoms with Crippen LogP contribution in [0.3, 0.4) is 0 Å². The molecule has 1 rings (SSSR count). The molecule has 0 aliphatic heterocycles. The highest BCUT2D eigenvalue weighted by molar-refractivity contribution is 6.17. The maximum Gasteiger partial charge on any atom is 0.338 e. The lowest BCUT2D eigenvalue weighted by Crippen LogP contribution is -2.06. The Morgan fingerprint density at radius 2 is 2.11 bits per heavy atom. The molecular formula is C13H15ClF2O2. The smallest absolute Gasteiger partial charge is 0.338 e. The van der Waals surface area contributed by atoms with Crippen molar-refractivity contribution in [1.82, 2.24) is 0 Å². The topological polar surface area (TPSA) is 26.3 Å². The van der Waals surface area contributed by atoms with Crippen molar-refractivity contribution >= 4 is 17.6 Å². The highest BCUT2D eigenvalue weighted by Gasteiger charge is 2.14. The van der Waals surface area contributed by atoms with Gasteiger partial charge in [0.2, 0.25) is 0 Å². The predicted octanol–water partition coefficient (Wildman–Crippen LogP) is 3.97. The number of hydrogen-bond acceptors (Lipinski definition) is 2. The fourth-order valence-corrected chi connectivity index (χ4v) is 1.73. The van der Waals surface area contributed by atoms with Gasteiger partial charge >= 0.3 is 5.97 Å². The van der Waals surface area contributed by atoms with E-state index in [9.17, 15) is 13.6 Å². The number of rotatable bonds is 6. The molecule has 100 valence electrons. The Balaban J connectivity index is 3.01. The molecule has 0 aromatic heterocycles. The Kier molecular flexibility index (Phi) is 6.05. The van der Waals surface area contributed by atoms with Crippen LogP contribution in [0.1, 0.15) is 41.3 Å². The van der Waals surface area contributed by atoms with Gasteiger partial charge < -0.3 is 4.74 Å². The molecule has 18 heavy (non-hydrogen) atoms. The molecule has 0 aliphatic carbocycles. The van der Waals surface area contributed by atoms with Crippen LogP contribution in [0.25, 0.3) is 0 Å². The average Bonchev–Trinajstić information content (AvgIpc) is 2.36. The highest BCUT2D eigenvalue weighted by atomic mass is 35.5. The van der Waals surface area contributed by atoms with Gasteiger partial charge in [-0.25, -0.2) is 13.6 Å². The molecule has 0 bridgehead atoms. The van der Waals surface area contributed by atoms with Crippen molar-refractivity contribution in [2.45, 2.75) is 26.2 Å². The lowest BCUT2D eigenvalue weighted by molar-refractivity contribution is 0.0525. The number of halogens is 3. The molecule has 1 aromatic carbocycles. The summed E-state index contributed by atoms with van der Waals surface area (Å²) in [6.45, 7) is 1.89. The van der Waals surface area contributed by atoms with E-state index >= 15 is 0 Å². The second-order valence-electron chi connectivity index (χ2n) is 3.78. The van der Waals surface area contributed by atoms with Crippen LogP contribution in [0.15, 0.2) is 18.2 Å². The molecule has 0 fully saturated rings. The summed E-state index contributed by atoms with van der Waals surface area (Å²) in [4.78, 5) is 11.6. The van der Waals surface area contributed by atoms with E-state index < -0.39 is 12.4 Å². The molecule has 0 atom stereocenters. The number of carbonyl (C=O) groups is 1. The molecule has 0 saturated carbocycles. The van der Waals surface area contributed by atoms with Crippen molar-refractivity contribution in [1.29, 1.82) is 0 Å². The quantitative estimate of drug-likeness (QED) is 0.580. The minimum absolute atomic E-state index is 0.162. The first kappa shape index (κ1) is 14.9. The van der Waals surface area contributed by atoms with Crippen molar-refractivity contribution in [3.63, 3.8) is 0 Å². The van der Waals surface area contributed by atoms with Crippen molar-refractivity contribution in [2.24, 2.45) is 0 Å². The SMILES string of the molecule is CCOC(=O)c1cc(CCCCl)cc(C(F)F)c1. The summed E-state index contributed by atoms with van der Waals surface area (Å²) in [7, 11) is 0. The first-order chi connectivity index (χ1) is 8.58. The van der Waals surface area contributed by atoms with E-state index in [4.69, 9.17) is 16.3 Å². The van der Waals surface area contributed by atoms with Crippen LogP contribution in [-0.4, -0.2) is 18.5 Å². The summed E-state index contributed by atoms with van der Waals surface area (Å²) >= 11 is 5.57. The lowest BCUT2D eigenvalue weighted by Gasteiger charge is -2.08. The monoisotopic (exact) mass is 276 g/mol. The molecule has 0 amide bonds. The first-order valence-corrected chi connectivity index (χ1v) is 6.27. The summed E-state index contributed by atoms with van der Waals surface area (Å²) in [5.41, 5.74) is 0.681. The Hall–Kier alpha value is -1.16. The third-order valence-corrected chi connectivity index (χ3v) is 2.64. The van der Waals surface area contributed by atoms with E-state index in [-0.39, 0.29) is 17.7 Å². The molecule has 1 aromatic rings. The van der Waals surface area contributed by atoms with Crippen molar-refractivity contribution in [3.8, 4) is 0 Å². The van der Waals surface area contributed by atoms with Crippen LogP contribution in [0.2, 0.25) is 0 Å². The largest absolute Gasteiger partial charge is 0.462 e. The zero-order chi connectivity index (χ0) is 13.5. The number of carbonyl (C=O) groups excluding carboxylic acids is 1. The number of benzene rings is 1. The third-order valence-electron chi connectivity index (χ3n) is 2.38. The Labute approximate surface area is 110 Å². The molecule has 0 N–H and O–H groups in total. The maximum absolute atomic E-state index is 12.7. The first-order valence-electron chi connectivity index (χ1n) is 5.73. The van der Waals surface area contributed by atoms with Gasteiger partial charge in [0, 0.05) is 11.4 Å². The third kappa shape index (κ3) is 4.26. The van der Waals surface area contributed by atoms with Crippen molar-refractivity contribution in [3.05, 3.63) is 34.9 Å². The summed E-state index contributed by atoms with van der Waals surface area (Å²) in [6, 6.07) is 4.16. The average molecular weight is 277 g/mol. The van der Waals surface area contributed by atoms with Gasteiger partial charge in [-0.2, -0.15) is 0 Å². The number of esters is 1. The van der Waals surface area contributed by atoms with Crippen molar-refractivity contribution < 1.29 is 18.3 Å². The molecule has 0 unspecified atom stereocenters. The Morgan fingerprint density at radius 3 is 2.67 bits per heavy atom. The number of aryl methyl sites for hydroxylation is 1. The Morgan fingerprint density at radius 1 is 1.39 bits per heavy atom. The van der Waals surface area contributed by atoms with Crippen LogP contribution >= 0.6 is 11.6 Å². The zero-order valence-corrected chi connectivity index (χ0v) is 10.8. The summed E-state index contributed by atoms with van der Waals surface area (Å²) in [5.74, 6) is -0.125. The zero-order valence-electron chi connectivity index (χ0n) is 10.1. The number of ether oxygens (including phenoxy) is 1. The number of alkyl halides is 3. The van der Waals surface area contributed by atoms with Crippen LogP contribution in [0, 0.1) is 0 Å². The van der Waals surface area contributed by atoms with Gasteiger partial charge in [0.25, 0.3) is 6.43 Å². The van der Waals surface area contributed by atoms with Crippen LogP contribution in [-0.2, 0) is 11.2 Å². The molecule has 2 nitrogen and oxygen atoms in total. The van der Waals surface area contributed by atoms with Crippen LogP contribution < -0.4 is 0 Å². The van der Waals surface area contributed by atoms with E-state index in [1.54, 1.807) is 13.0 Å². The van der Waals surface area contributed by atoms with E-state index in [0.29, 0.717) is 24.3 Å². The lowest BCUT2D eigenvalue weighted by atomic mass is 10.0. The molecule has 0 radical (unpaired) electrons. The van der Waals surface area contributed by atoms with Gasteiger partial charge in [0.15, 0.2) is 0 Å². The summed E-state index contributed by atoms with van der Waals surface area (Å²) in [6.07, 6.45) is -1.36. The minimum atomic E-state index is -2.60. The molecule has 0 heterocycles. The fourth-order valence-electron chi connectivity index (χ4n) is 1.59. The predicted molar refractivity (Wildman–Crippen MR) is 66.4 cm³/mol. The van der Waals surface area contributed by atoms with Gasteiger partial charge in [-0.3, -0.25) is 0 Å². The standard InChI is InChI=1S/C13H15ClF2O2/c1-2-18-13(17)11-7-9(4-3-5-14)6-10(8-11)12(15)16/h6-8,12H,2-5H2,1H3. The normalized spacial score (nSPS) is 10.7. The van der Waals surface area contributed by atoms with Crippen molar-refractivity contribution in [2.75, 3.05) is 12.5 Å². The maximum atomic E-state index is 12.7. The number of hydrogen-bond donors (Lipinski definition) is 0. The van der Waals surface area contributed by atoms with E-state index in [1.165, 1.54) is 12.1 Å². The van der Waals surface area contributed by atoms with Gasteiger partial charge in [-0.1, -0.05) is 6.07 Å². The Bertz CT molecular complexity index is 408. The van der Waals surface area contributed by atoms with Gasteiger partial charge in [0.05, 0.1) is 12.2 Å². The van der Waals surface area contributed by atoms with E-state index in [2.05, 4.69) is 0 Å². The van der Waals surface area contributed by atoms with Crippen LogP contribution in [0.5, 0.6) is 0 Å². The fraction of sp³-hybridized carbons (Fsp3) is 0.462. The minimum Gasteiger partial charge on any atom is -0.462 e. The molecule has 0 saturated heterocycles. The van der Waals surface area contributed by atoms with Gasteiger partial charge in [-0.15, -0.1) is 11.6 Å².